The Hall–Kier alpha value is -1.82. The summed E-state index contributed by atoms with van der Waals surface area (Å²) in [6.45, 7) is 7.14. The molecule has 0 saturated heterocycles. The van der Waals surface area contributed by atoms with Gasteiger partial charge >= 0.3 is 5.97 Å². The monoisotopic (exact) mass is 432 g/mol. The van der Waals surface area contributed by atoms with Crippen molar-refractivity contribution < 1.29 is 29.0 Å². The number of rotatable bonds is 6. The van der Waals surface area contributed by atoms with Crippen LogP contribution < -0.4 is 0 Å². The van der Waals surface area contributed by atoms with Gasteiger partial charge in [0.1, 0.15) is 12.9 Å². The summed E-state index contributed by atoms with van der Waals surface area (Å²) in [7, 11) is 0. The van der Waals surface area contributed by atoms with Crippen LogP contribution in [0, 0.1) is 28.6 Å². The Morgan fingerprint density at radius 1 is 1.23 bits per heavy atom. The third-order valence-electron chi connectivity index (χ3n) is 8.47. The highest BCUT2D eigenvalue weighted by molar-refractivity contribution is 5.92. The Morgan fingerprint density at radius 3 is 2.58 bits per heavy atom. The maximum absolute atomic E-state index is 12.8. The van der Waals surface area contributed by atoms with Crippen molar-refractivity contribution >= 4 is 23.8 Å². The van der Waals surface area contributed by atoms with Gasteiger partial charge in [-0.3, -0.25) is 14.4 Å². The first-order valence-corrected chi connectivity index (χ1v) is 11.7. The van der Waals surface area contributed by atoms with E-state index >= 15 is 0 Å². The maximum atomic E-state index is 12.8. The molecule has 0 radical (unpaired) electrons. The minimum Gasteiger partial charge on any atom is -0.458 e. The molecule has 0 unspecified atom stereocenters. The molecule has 6 heteroatoms. The fourth-order valence-electron chi connectivity index (χ4n) is 7.18. The second kappa shape index (κ2) is 8.61. The standard InChI is InChI=1S/C23H30O6.C2H6/c1-14(25)29-13-19(27)20-22(9-10-24)18(6-8-23(20,22)28)15-3-4-16-11-17(26)5-7-21(16,2)12-15;1-2/h10-11,15,18,20,28H,3-9,12-13H2,1-2H3;1-2H3/t15-,18+,20-,21-,22+,23+;/m1./s1. The zero-order valence-corrected chi connectivity index (χ0v) is 19.2. The van der Waals surface area contributed by atoms with E-state index in [0.717, 1.165) is 38.4 Å². The van der Waals surface area contributed by atoms with E-state index in [1.807, 2.05) is 19.9 Å². The topological polar surface area (TPSA) is 97.7 Å². The van der Waals surface area contributed by atoms with Crippen LogP contribution in [0.15, 0.2) is 11.6 Å². The zero-order chi connectivity index (χ0) is 23.0. The summed E-state index contributed by atoms with van der Waals surface area (Å²) >= 11 is 0. The Bertz CT molecular complexity index is 800. The molecule has 0 aromatic rings. The lowest BCUT2D eigenvalue weighted by Crippen LogP contribution is -2.38. The van der Waals surface area contributed by atoms with Crippen molar-refractivity contribution in [1.82, 2.24) is 0 Å². The zero-order valence-electron chi connectivity index (χ0n) is 19.2. The van der Waals surface area contributed by atoms with Gasteiger partial charge in [0, 0.05) is 25.2 Å². The molecule has 1 N–H and O–H groups in total. The Morgan fingerprint density at radius 2 is 1.94 bits per heavy atom. The first-order valence-electron chi connectivity index (χ1n) is 11.7. The fourth-order valence-corrected chi connectivity index (χ4v) is 7.18. The van der Waals surface area contributed by atoms with Crippen LogP contribution in [0.1, 0.15) is 79.1 Å². The molecule has 3 fully saturated rings. The molecular formula is C25H36O6. The molecule has 0 spiro atoms. The molecule has 3 saturated carbocycles. The summed E-state index contributed by atoms with van der Waals surface area (Å²) in [5, 5.41) is 11.3. The van der Waals surface area contributed by atoms with Crippen LogP contribution >= 0.6 is 0 Å². The van der Waals surface area contributed by atoms with Crippen molar-refractivity contribution in [1.29, 1.82) is 0 Å². The summed E-state index contributed by atoms with van der Waals surface area (Å²) in [6.07, 6.45) is 8.27. The second-order valence-electron chi connectivity index (χ2n) is 9.86. The summed E-state index contributed by atoms with van der Waals surface area (Å²) in [5.74, 6) is -0.813. The highest BCUT2D eigenvalue weighted by Gasteiger charge is 2.83. The van der Waals surface area contributed by atoms with Crippen LogP contribution in [0.25, 0.3) is 0 Å². The summed E-state index contributed by atoms with van der Waals surface area (Å²) in [4.78, 5) is 47.3. The molecule has 4 aliphatic carbocycles. The molecule has 172 valence electrons. The average Bonchev–Trinajstić information content (AvgIpc) is 3.12. The lowest BCUT2D eigenvalue weighted by Gasteiger charge is -2.46. The van der Waals surface area contributed by atoms with Crippen molar-refractivity contribution in [3.8, 4) is 0 Å². The highest BCUT2D eigenvalue weighted by Crippen LogP contribution is 2.77. The number of esters is 1. The number of allylic oxidation sites excluding steroid dienone is 2. The Balaban J connectivity index is 0.00000132. The predicted molar refractivity (Wildman–Crippen MR) is 115 cm³/mol. The van der Waals surface area contributed by atoms with E-state index < -0.39 is 22.9 Å². The van der Waals surface area contributed by atoms with Crippen LogP contribution in [0.4, 0.5) is 0 Å². The number of hydrogen-bond donors (Lipinski definition) is 1. The van der Waals surface area contributed by atoms with E-state index in [2.05, 4.69) is 6.92 Å². The van der Waals surface area contributed by atoms with Crippen molar-refractivity contribution in [2.24, 2.45) is 28.6 Å². The molecule has 4 aliphatic rings. The number of aliphatic hydroxyl groups is 1. The molecule has 6 nitrogen and oxygen atoms in total. The average molecular weight is 433 g/mol. The highest BCUT2D eigenvalue weighted by atomic mass is 16.5. The van der Waals surface area contributed by atoms with Crippen LogP contribution in [0.3, 0.4) is 0 Å². The third-order valence-corrected chi connectivity index (χ3v) is 8.47. The first-order chi connectivity index (χ1) is 14.7. The maximum Gasteiger partial charge on any atom is 0.303 e. The summed E-state index contributed by atoms with van der Waals surface area (Å²) < 4.78 is 4.89. The fraction of sp³-hybridized carbons (Fsp3) is 0.760. The van der Waals surface area contributed by atoms with Crippen molar-refractivity contribution in [3.05, 3.63) is 11.6 Å². The molecule has 0 aromatic heterocycles. The molecule has 31 heavy (non-hydrogen) atoms. The number of hydrogen-bond acceptors (Lipinski definition) is 6. The van der Waals surface area contributed by atoms with Crippen LogP contribution in [0.2, 0.25) is 0 Å². The SMILES string of the molecule is CC.CC(=O)OCC(=O)[C@@H]1[C@]2(CC=O)[C@H]([C@@H]3CCC4=CC(=O)CC[C@]4(C)C3)CC[C@]12O. The predicted octanol–water partition coefficient (Wildman–Crippen LogP) is 3.59. The van der Waals surface area contributed by atoms with E-state index in [0.29, 0.717) is 18.8 Å². The van der Waals surface area contributed by atoms with Crippen LogP contribution in [0.5, 0.6) is 0 Å². The van der Waals surface area contributed by atoms with Crippen molar-refractivity contribution in [2.45, 2.75) is 84.7 Å². The number of fused-ring (bicyclic) bond motifs is 2. The van der Waals surface area contributed by atoms with Gasteiger partial charge in [-0.1, -0.05) is 26.3 Å². The Kier molecular flexibility index (Phi) is 6.62. The number of carbonyl (C=O) groups excluding carboxylic acids is 4. The number of ether oxygens (including phenoxy) is 1. The lowest BCUT2D eigenvalue weighted by molar-refractivity contribution is -0.146. The molecule has 0 bridgehead atoms. The van der Waals surface area contributed by atoms with E-state index in [-0.39, 0.29) is 35.9 Å². The summed E-state index contributed by atoms with van der Waals surface area (Å²) in [6, 6.07) is 0. The van der Waals surface area contributed by atoms with Gasteiger partial charge in [-0.25, -0.2) is 0 Å². The number of ketones is 2. The number of Topliss-reactive ketones (excluding diaryl/α,β-unsaturated/α-hetero) is 1. The number of carbonyl (C=O) groups is 4. The van der Waals surface area contributed by atoms with Crippen LogP contribution in [-0.2, 0) is 23.9 Å². The lowest BCUT2D eigenvalue weighted by atomic mass is 9.58. The van der Waals surface area contributed by atoms with E-state index in [4.69, 9.17) is 4.74 Å². The molecule has 6 atom stereocenters. The second-order valence-corrected chi connectivity index (χ2v) is 9.86. The van der Waals surface area contributed by atoms with Gasteiger partial charge < -0.3 is 14.6 Å². The van der Waals surface area contributed by atoms with Gasteiger partial charge in [-0.05, 0) is 61.9 Å². The first kappa shape index (κ1) is 23.8. The van der Waals surface area contributed by atoms with Crippen molar-refractivity contribution in [2.75, 3.05) is 6.61 Å². The minimum atomic E-state index is -1.16. The van der Waals surface area contributed by atoms with Crippen LogP contribution in [-0.4, -0.2) is 41.1 Å². The molecule has 0 aromatic carbocycles. The van der Waals surface area contributed by atoms with Gasteiger partial charge in [0.25, 0.3) is 0 Å². The normalized spacial score (nSPS) is 40.5. The van der Waals surface area contributed by atoms with E-state index in [1.54, 1.807) is 0 Å². The largest absolute Gasteiger partial charge is 0.458 e. The van der Waals surface area contributed by atoms with Gasteiger partial charge in [-0.2, -0.15) is 0 Å². The molecule has 4 rings (SSSR count). The van der Waals surface area contributed by atoms with Gasteiger partial charge in [-0.15, -0.1) is 0 Å². The van der Waals surface area contributed by atoms with Gasteiger partial charge in [0.15, 0.2) is 11.6 Å². The molecule has 0 heterocycles. The van der Waals surface area contributed by atoms with E-state index in [9.17, 15) is 24.3 Å². The molecule has 0 aliphatic heterocycles. The van der Waals surface area contributed by atoms with Gasteiger partial charge in [0.2, 0.25) is 0 Å². The number of aldehydes is 1. The minimum absolute atomic E-state index is 0.00790. The summed E-state index contributed by atoms with van der Waals surface area (Å²) in [5.41, 5.74) is -0.652. The third kappa shape index (κ3) is 3.71. The van der Waals surface area contributed by atoms with Gasteiger partial charge in [0.05, 0.1) is 11.5 Å². The van der Waals surface area contributed by atoms with Crippen molar-refractivity contribution in [3.63, 3.8) is 0 Å². The van der Waals surface area contributed by atoms with E-state index in [1.165, 1.54) is 12.5 Å². The molecular weight excluding hydrogens is 396 g/mol. The molecule has 0 amide bonds. The smallest absolute Gasteiger partial charge is 0.303 e. The Labute approximate surface area is 184 Å². The quantitative estimate of drug-likeness (QED) is 0.509.